The highest BCUT2D eigenvalue weighted by Gasteiger charge is 2.41. The van der Waals surface area contributed by atoms with Crippen LogP contribution >= 0.6 is 23.2 Å². The van der Waals surface area contributed by atoms with Gasteiger partial charge in [-0.3, -0.25) is 0 Å². The molecule has 0 amide bonds. The minimum atomic E-state index is -0.785. The number of hydrogen-bond acceptors (Lipinski definition) is 6. The molecule has 0 radical (unpaired) electrons. The van der Waals surface area contributed by atoms with E-state index in [0.29, 0.717) is 38.1 Å². The summed E-state index contributed by atoms with van der Waals surface area (Å²) in [5.74, 6) is -1.91. The second-order valence-corrected chi connectivity index (χ2v) is 8.67. The number of esters is 2. The van der Waals surface area contributed by atoms with E-state index in [2.05, 4.69) is 0 Å². The van der Waals surface area contributed by atoms with E-state index < -0.39 is 17.9 Å². The molecule has 0 N–H and O–H groups in total. The highest BCUT2D eigenvalue weighted by molar-refractivity contribution is 6.35. The number of ether oxygens (including phenoxy) is 2. The summed E-state index contributed by atoms with van der Waals surface area (Å²) in [5.41, 5.74) is 4.21. The first-order valence-corrected chi connectivity index (χ1v) is 11.0. The summed E-state index contributed by atoms with van der Waals surface area (Å²) in [7, 11) is 6.53. The van der Waals surface area contributed by atoms with E-state index in [1.807, 2.05) is 62.0 Å². The maximum atomic E-state index is 13.1. The van der Waals surface area contributed by atoms with Gasteiger partial charge in [0.2, 0.25) is 0 Å². The van der Waals surface area contributed by atoms with Gasteiger partial charge in [-0.2, -0.15) is 0 Å². The van der Waals surface area contributed by atoms with Gasteiger partial charge < -0.3 is 19.3 Å². The molecular formula is C25H26Cl2N2O4. The van der Waals surface area contributed by atoms with Crippen LogP contribution in [0.5, 0.6) is 0 Å². The van der Waals surface area contributed by atoms with Crippen molar-refractivity contribution in [2.24, 2.45) is 0 Å². The third-order valence-electron chi connectivity index (χ3n) is 5.74. The summed E-state index contributed by atoms with van der Waals surface area (Å²) in [6, 6.07) is 12.8. The summed E-state index contributed by atoms with van der Waals surface area (Å²) >= 11 is 12.6. The van der Waals surface area contributed by atoms with Crippen molar-refractivity contribution in [2.45, 2.75) is 19.8 Å². The maximum Gasteiger partial charge on any atom is 0.336 e. The Morgan fingerprint density at radius 1 is 0.879 bits per heavy atom. The van der Waals surface area contributed by atoms with Crippen molar-refractivity contribution in [1.29, 1.82) is 0 Å². The minimum Gasteiger partial charge on any atom is -0.466 e. The number of carbonyl (C=O) groups is 2. The second-order valence-electron chi connectivity index (χ2n) is 7.83. The first kappa shape index (κ1) is 24.7. The lowest BCUT2D eigenvalue weighted by Gasteiger charge is -2.38. The monoisotopic (exact) mass is 488 g/mol. The molecule has 0 aromatic heterocycles. The summed E-state index contributed by atoms with van der Waals surface area (Å²) in [6.07, 6.45) is 0. The van der Waals surface area contributed by atoms with E-state index in [9.17, 15) is 9.59 Å². The van der Waals surface area contributed by atoms with Crippen molar-refractivity contribution in [1.82, 2.24) is 0 Å². The number of rotatable bonds is 5. The molecular weight excluding hydrogens is 463 g/mol. The largest absolute Gasteiger partial charge is 0.466 e. The van der Waals surface area contributed by atoms with Gasteiger partial charge in [0.25, 0.3) is 0 Å². The molecule has 0 aliphatic carbocycles. The Kier molecular flexibility index (Phi) is 7.40. The molecule has 2 aromatic carbocycles. The zero-order valence-electron chi connectivity index (χ0n) is 19.4. The van der Waals surface area contributed by atoms with Gasteiger partial charge in [-0.15, -0.1) is 0 Å². The molecule has 0 atom stereocenters. The number of anilines is 2. The predicted octanol–water partition coefficient (Wildman–Crippen LogP) is 5.56. The number of benzene rings is 2. The Labute approximate surface area is 204 Å². The fraction of sp³-hybridized carbons (Fsp3) is 0.280. The molecule has 0 bridgehead atoms. The van der Waals surface area contributed by atoms with Crippen LogP contribution in [-0.4, -0.2) is 40.3 Å². The molecule has 0 spiro atoms. The Morgan fingerprint density at radius 2 is 1.39 bits per heavy atom. The van der Waals surface area contributed by atoms with Crippen LogP contribution in [0.2, 0.25) is 10.0 Å². The van der Waals surface area contributed by atoms with Gasteiger partial charge in [0, 0.05) is 46.9 Å². The summed E-state index contributed by atoms with van der Waals surface area (Å²) in [4.78, 5) is 30.0. The van der Waals surface area contributed by atoms with Crippen LogP contribution in [0.4, 0.5) is 11.4 Å². The van der Waals surface area contributed by atoms with E-state index in [1.54, 1.807) is 18.2 Å². The molecule has 2 aromatic rings. The second kappa shape index (κ2) is 9.89. The van der Waals surface area contributed by atoms with E-state index in [-0.39, 0.29) is 0 Å². The van der Waals surface area contributed by atoms with Crippen LogP contribution in [0.1, 0.15) is 25.3 Å². The van der Waals surface area contributed by atoms with E-state index in [1.165, 1.54) is 14.2 Å². The van der Waals surface area contributed by atoms with Crippen LogP contribution in [0.3, 0.4) is 0 Å². The van der Waals surface area contributed by atoms with Crippen molar-refractivity contribution in [3.05, 3.63) is 80.6 Å². The van der Waals surface area contributed by atoms with Gasteiger partial charge in [-0.1, -0.05) is 29.3 Å². The standard InChI is InChI=1S/C25H26Cl2N2O4/c1-14-21(24(30)32-5)23(19-12-7-16(26)13-20(19)27)22(25(31)33-6)15(2)29(14)18-10-8-17(9-11-18)28(3)4/h7-13,23H,1-6H3. The molecule has 1 aliphatic heterocycles. The Bertz CT molecular complexity index is 1110. The molecule has 0 saturated heterocycles. The summed E-state index contributed by atoms with van der Waals surface area (Å²) in [5, 5.41) is 0.780. The van der Waals surface area contributed by atoms with Gasteiger partial charge in [0.05, 0.1) is 31.3 Å². The quantitative estimate of drug-likeness (QED) is 0.513. The molecule has 0 unspecified atom stereocenters. The van der Waals surface area contributed by atoms with Gasteiger partial charge >= 0.3 is 11.9 Å². The number of hydrogen-bond donors (Lipinski definition) is 0. The third-order valence-corrected chi connectivity index (χ3v) is 6.30. The first-order chi connectivity index (χ1) is 15.6. The maximum absolute atomic E-state index is 13.1. The number of nitrogens with zero attached hydrogens (tertiary/aromatic N) is 2. The normalized spacial score (nSPS) is 14.5. The lowest BCUT2D eigenvalue weighted by atomic mass is 9.79. The van der Waals surface area contributed by atoms with E-state index in [0.717, 1.165) is 11.4 Å². The van der Waals surface area contributed by atoms with Crippen LogP contribution in [0, 0.1) is 0 Å². The number of allylic oxidation sites excluding steroid dienone is 2. The van der Waals surface area contributed by atoms with Crippen LogP contribution in [0.15, 0.2) is 65.0 Å². The average Bonchev–Trinajstić information content (AvgIpc) is 2.78. The molecule has 0 saturated carbocycles. The number of carbonyl (C=O) groups excluding carboxylic acids is 2. The Hall–Kier alpha value is -2.96. The zero-order valence-corrected chi connectivity index (χ0v) is 20.9. The van der Waals surface area contributed by atoms with Crippen molar-refractivity contribution in [3.8, 4) is 0 Å². The highest BCUT2D eigenvalue weighted by atomic mass is 35.5. The van der Waals surface area contributed by atoms with Crippen molar-refractivity contribution >= 4 is 46.5 Å². The molecule has 8 heteroatoms. The van der Waals surface area contributed by atoms with Crippen LogP contribution < -0.4 is 9.80 Å². The highest BCUT2D eigenvalue weighted by Crippen LogP contribution is 2.46. The smallest absolute Gasteiger partial charge is 0.336 e. The molecule has 33 heavy (non-hydrogen) atoms. The van der Waals surface area contributed by atoms with Gasteiger partial charge in [0.1, 0.15) is 0 Å². The number of halogens is 2. The average molecular weight is 489 g/mol. The zero-order chi connectivity index (χ0) is 24.4. The van der Waals surface area contributed by atoms with Crippen molar-refractivity contribution < 1.29 is 19.1 Å². The van der Waals surface area contributed by atoms with E-state index in [4.69, 9.17) is 32.7 Å². The summed E-state index contributed by atoms with van der Waals surface area (Å²) < 4.78 is 10.3. The molecule has 6 nitrogen and oxygen atoms in total. The summed E-state index contributed by atoms with van der Waals surface area (Å²) in [6.45, 7) is 3.64. The predicted molar refractivity (Wildman–Crippen MR) is 132 cm³/mol. The van der Waals surface area contributed by atoms with Crippen molar-refractivity contribution in [3.63, 3.8) is 0 Å². The van der Waals surface area contributed by atoms with Crippen LogP contribution in [0.25, 0.3) is 0 Å². The fourth-order valence-electron chi connectivity index (χ4n) is 4.14. The Morgan fingerprint density at radius 3 is 1.82 bits per heavy atom. The van der Waals surface area contributed by atoms with Gasteiger partial charge in [0.15, 0.2) is 0 Å². The SMILES string of the molecule is COC(=O)C1=C(C)N(c2ccc(N(C)C)cc2)C(C)=C(C(=O)OC)C1c1ccc(Cl)cc1Cl. The lowest BCUT2D eigenvalue weighted by molar-refractivity contribution is -0.137. The lowest BCUT2D eigenvalue weighted by Crippen LogP contribution is -2.35. The molecule has 3 rings (SSSR count). The molecule has 1 aliphatic rings. The third kappa shape index (κ3) is 4.59. The van der Waals surface area contributed by atoms with E-state index >= 15 is 0 Å². The molecule has 174 valence electrons. The van der Waals surface area contributed by atoms with Crippen LogP contribution in [-0.2, 0) is 19.1 Å². The molecule has 0 fully saturated rings. The number of methoxy groups -OCH3 is 2. The first-order valence-electron chi connectivity index (χ1n) is 10.2. The van der Waals surface area contributed by atoms with Gasteiger partial charge in [-0.25, -0.2) is 9.59 Å². The topological polar surface area (TPSA) is 59.1 Å². The molecule has 1 heterocycles. The Balaban J connectivity index is 2.32. The fourth-order valence-corrected chi connectivity index (χ4v) is 4.66. The minimum absolute atomic E-state index is 0.296. The van der Waals surface area contributed by atoms with Gasteiger partial charge in [-0.05, 0) is 55.8 Å². The van der Waals surface area contributed by atoms with Crippen molar-refractivity contribution in [2.75, 3.05) is 38.1 Å².